The van der Waals surface area contributed by atoms with Gasteiger partial charge >= 0.3 is 0 Å². The molecule has 8 nitrogen and oxygen atoms in total. The van der Waals surface area contributed by atoms with E-state index in [4.69, 9.17) is 9.26 Å². The number of para-hydroxylation sites is 2. The van der Waals surface area contributed by atoms with E-state index in [0.717, 1.165) is 34.3 Å². The minimum absolute atomic E-state index is 0.284. The maximum absolute atomic E-state index is 13.2. The average Bonchev–Trinajstić information content (AvgIpc) is 3.50. The normalized spacial score (nSPS) is 11.0. The molecule has 1 amide bonds. The molecule has 5 aromatic rings. The summed E-state index contributed by atoms with van der Waals surface area (Å²) in [4.78, 5) is 13.2. The second-order valence-corrected chi connectivity index (χ2v) is 8.01. The maximum Gasteiger partial charge on any atom is 0.278 e. The van der Waals surface area contributed by atoms with E-state index in [2.05, 4.69) is 27.7 Å². The number of anilines is 1. The lowest BCUT2D eigenvalue weighted by Gasteiger charge is -2.11. The van der Waals surface area contributed by atoms with Gasteiger partial charge in [-0.1, -0.05) is 66.2 Å². The number of hydrogen-bond donors (Lipinski definition) is 1. The fourth-order valence-corrected chi connectivity index (χ4v) is 4.04. The lowest BCUT2D eigenvalue weighted by Crippen LogP contribution is -2.16. The lowest BCUT2D eigenvalue weighted by atomic mass is 10.1. The van der Waals surface area contributed by atoms with Gasteiger partial charge in [-0.2, -0.15) is 0 Å². The Morgan fingerprint density at radius 1 is 1.03 bits per heavy atom. The third-order valence-corrected chi connectivity index (χ3v) is 5.64. The zero-order chi connectivity index (χ0) is 24.2. The zero-order valence-corrected chi connectivity index (χ0v) is 19.6. The molecule has 5 rings (SSSR count). The van der Waals surface area contributed by atoms with E-state index in [9.17, 15) is 4.79 Å². The third-order valence-electron chi connectivity index (χ3n) is 5.64. The van der Waals surface area contributed by atoms with Crippen molar-refractivity contribution in [3.63, 3.8) is 0 Å². The number of aromatic nitrogens is 4. The van der Waals surface area contributed by atoms with Gasteiger partial charge in [0.2, 0.25) is 0 Å². The van der Waals surface area contributed by atoms with Crippen molar-refractivity contribution in [1.29, 1.82) is 0 Å². The highest BCUT2D eigenvalue weighted by atomic mass is 16.5. The van der Waals surface area contributed by atoms with E-state index in [-0.39, 0.29) is 11.6 Å². The number of ether oxygens (including phenoxy) is 1. The molecule has 0 saturated heterocycles. The first-order chi connectivity index (χ1) is 17.2. The Labute approximate surface area is 202 Å². The minimum atomic E-state index is -0.331. The van der Waals surface area contributed by atoms with E-state index >= 15 is 0 Å². The van der Waals surface area contributed by atoms with Gasteiger partial charge in [0.15, 0.2) is 11.5 Å². The smallest absolute Gasteiger partial charge is 0.278 e. The van der Waals surface area contributed by atoms with Crippen LogP contribution in [0.4, 0.5) is 5.69 Å². The molecule has 176 valence electrons. The molecule has 3 aromatic carbocycles. The van der Waals surface area contributed by atoms with Gasteiger partial charge in [-0.3, -0.25) is 4.79 Å². The predicted octanol–water partition coefficient (Wildman–Crippen LogP) is 5.68. The monoisotopic (exact) mass is 467 g/mol. The number of amides is 1. The van der Waals surface area contributed by atoms with Crippen molar-refractivity contribution in [1.82, 2.24) is 20.2 Å². The van der Waals surface area contributed by atoms with Gasteiger partial charge in [0.25, 0.3) is 5.91 Å². The highest BCUT2D eigenvalue weighted by Crippen LogP contribution is 2.31. The highest BCUT2D eigenvalue weighted by molar-refractivity contribution is 6.04. The largest absolute Gasteiger partial charge is 0.492 e. The summed E-state index contributed by atoms with van der Waals surface area (Å²) in [6.07, 6.45) is 1.46. The summed E-state index contributed by atoms with van der Waals surface area (Å²) < 4.78 is 13.0. The SMILES string of the molecule is CCCc1c(C(=O)Nc2ccccc2OCC)nnn1-c1ccc2noc(-c3ccccc3)c2c1. The summed E-state index contributed by atoms with van der Waals surface area (Å²) in [6, 6.07) is 22.9. The van der Waals surface area contributed by atoms with Gasteiger partial charge in [0.1, 0.15) is 11.3 Å². The summed E-state index contributed by atoms with van der Waals surface area (Å²) in [5.74, 6) is 0.965. The van der Waals surface area contributed by atoms with Crippen LogP contribution in [0, 0.1) is 0 Å². The molecule has 2 heterocycles. The van der Waals surface area contributed by atoms with Gasteiger partial charge in [-0.15, -0.1) is 5.10 Å². The molecule has 0 fully saturated rings. The van der Waals surface area contributed by atoms with Crippen LogP contribution in [0.5, 0.6) is 5.75 Å². The Kier molecular flexibility index (Phi) is 6.26. The number of fused-ring (bicyclic) bond motifs is 1. The molecule has 0 radical (unpaired) electrons. The van der Waals surface area contributed by atoms with Crippen LogP contribution in [-0.2, 0) is 6.42 Å². The topological polar surface area (TPSA) is 95.1 Å². The number of nitrogens with zero attached hydrogens (tertiary/aromatic N) is 4. The Morgan fingerprint density at radius 2 is 1.83 bits per heavy atom. The first kappa shape index (κ1) is 22.3. The van der Waals surface area contributed by atoms with Crippen LogP contribution >= 0.6 is 0 Å². The zero-order valence-electron chi connectivity index (χ0n) is 19.6. The van der Waals surface area contributed by atoms with Crippen LogP contribution in [0.25, 0.3) is 27.9 Å². The van der Waals surface area contributed by atoms with E-state index in [1.165, 1.54) is 0 Å². The second-order valence-electron chi connectivity index (χ2n) is 8.01. The molecule has 0 aliphatic carbocycles. The van der Waals surface area contributed by atoms with E-state index < -0.39 is 0 Å². The molecular weight excluding hydrogens is 442 g/mol. The van der Waals surface area contributed by atoms with Crippen molar-refractivity contribution in [2.75, 3.05) is 11.9 Å². The number of carbonyl (C=O) groups excluding carboxylic acids is 1. The fraction of sp³-hybridized carbons (Fsp3) is 0.185. The summed E-state index contributed by atoms with van der Waals surface area (Å²) in [5, 5.41) is 16.6. The molecule has 0 saturated carbocycles. The van der Waals surface area contributed by atoms with E-state index in [0.29, 0.717) is 30.2 Å². The van der Waals surface area contributed by atoms with Gasteiger partial charge in [0, 0.05) is 5.56 Å². The van der Waals surface area contributed by atoms with Crippen LogP contribution < -0.4 is 10.1 Å². The van der Waals surface area contributed by atoms with E-state index in [1.54, 1.807) is 10.7 Å². The molecule has 0 aliphatic heterocycles. The maximum atomic E-state index is 13.2. The Balaban J connectivity index is 1.52. The molecule has 2 aromatic heterocycles. The van der Waals surface area contributed by atoms with Crippen molar-refractivity contribution >= 4 is 22.5 Å². The predicted molar refractivity (Wildman–Crippen MR) is 134 cm³/mol. The minimum Gasteiger partial charge on any atom is -0.492 e. The fourth-order valence-electron chi connectivity index (χ4n) is 4.04. The van der Waals surface area contributed by atoms with Crippen LogP contribution in [0.15, 0.2) is 77.3 Å². The van der Waals surface area contributed by atoms with Crippen molar-refractivity contribution in [3.8, 4) is 22.8 Å². The van der Waals surface area contributed by atoms with Gasteiger partial charge < -0.3 is 14.6 Å². The number of benzene rings is 3. The molecule has 0 spiro atoms. The number of rotatable bonds is 8. The van der Waals surface area contributed by atoms with Gasteiger partial charge in [-0.25, -0.2) is 4.68 Å². The molecule has 1 N–H and O–H groups in total. The summed E-state index contributed by atoms with van der Waals surface area (Å²) in [7, 11) is 0. The summed E-state index contributed by atoms with van der Waals surface area (Å²) in [5.41, 5.74) is 4.07. The van der Waals surface area contributed by atoms with Crippen LogP contribution in [0.3, 0.4) is 0 Å². The molecule has 0 atom stereocenters. The van der Waals surface area contributed by atoms with Crippen molar-refractivity contribution in [2.45, 2.75) is 26.7 Å². The second kappa shape index (κ2) is 9.80. The molecule has 0 unspecified atom stereocenters. The van der Waals surface area contributed by atoms with Gasteiger partial charge in [-0.05, 0) is 43.7 Å². The highest BCUT2D eigenvalue weighted by Gasteiger charge is 2.22. The standard InChI is InChI=1S/C27H25N5O3/c1-3-10-23-25(27(33)28-22-13-8-9-14-24(22)34-4-2)29-31-32(23)19-15-16-21-20(17-19)26(35-30-21)18-11-6-5-7-12-18/h5-9,11-17H,3-4,10H2,1-2H3,(H,28,33). The summed E-state index contributed by atoms with van der Waals surface area (Å²) in [6.45, 7) is 4.46. The quantitative estimate of drug-likeness (QED) is 0.315. The molecule has 0 bridgehead atoms. The summed E-state index contributed by atoms with van der Waals surface area (Å²) >= 11 is 0. The number of carbonyl (C=O) groups is 1. The van der Waals surface area contributed by atoms with Crippen molar-refractivity contribution in [3.05, 3.63) is 84.2 Å². The molecule has 35 heavy (non-hydrogen) atoms. The number of hydrogen-bond acceptors (Lipinski definition) is 6. The molecular formula is C27H25N5O3. The average molecular weight is 468 g/mol. The first-order valence-corrected chi connectivity index (χ1v) is 11.6. The molecule has 0 aliphatic rings. The lowest BCUT2D eigenvalue weighted by molar-refractivity contribution is 0.102. The first-order valence-electron chi connectivity index (χ1n) is 11.6. The van der Waals surface area contributed by atoms with Crippen molar-refractivity contribution < 1.29 is 14.1 Å². The van der Waals surface area contributed by atoms with Gasteiger partial charge in [0.05, 0.1) is 29.1 Å². The van der Waals surface area contributed by atoms with Crippen LogP contribution in [-0.4, -0.2) is 32.7 Å². The van der Waals surface area contributed by atoms with Crippen LogP contribution in [0.2, 0.25) is 0 Å². The Bertz CT molecular complexity index is 1470. The third kappa shape index (κ3) is 4.38. The Morgan fingerprint density at radius 3 is 2.63 bits per heavy atom. The number of nitrogens with one attached hydrogen (secondary N) is 1. The van der Waals surface area contributed by atoms with E-state index in [1.807, 2.05) is 73.7 Å². The van der Waals surface area contributed by atoms with Crippen LogP contribution in [0.1, 0.15) is 36.5 Å². The van der Waals surface area contributed by atoms with Crippen molar-refractivity contribution in [2.24, 2.45) is 0 Å². The Hall–Kier alpha value is -4.46. The molecule has 8 heteroatoms.